The molecule has 0 aliphatic carbocycles. The lowest BCUT2D eigenvalue weighted by Crippen LogP contribution is -2.57. The lowest BCUT2D eigenvalue weighted by Gasteiger charge is -2.42. The molecule has 0 spiro atoms. The van der Waals surface area contributed by atoms with E-state index in [1.807, 2.05) is 0 Å². The molecule has 174 valence electrons. The van der Waals surface area contributed by atoms with Gasteiger partial charge in [0, 0.05) is 13.8 Å². The van der Waals surface area contributed by atoms with Crippen LogP contribution in [-0.2, 0) is 23.8 Å². The fraction of sp³-hybridized carbons (Fsp3) is 0.636. The summed E-state index contributed by atoms with van der Waals surface area (Å²) in [5.41, 5.74) is 0.614. The molecule has 1 aliphatic heterocycles. The Kier molecular flexibility index (Phi) is 7.91. The molecule has 31 heavy (non-hydrogen) atoms. The van der Waals surface area contributed by atoms with Gasteiger partial charge < -0.3 is 28.8 Å². The molecule has 5 atom stereocenters. The highest BCUT2D eigenvalue weighted by Gasteiger charge is 2.47. The molecule has 2 N–H and O–H groups in total. The van der Waals surface area contributed by atoms with Crippen LogP contribution in [0.4, 0.5) is 0 Å². The SMILES string of the molecule is CC(=O)OC[C@H]1O[C@H](c2ccc(O[Si](C)(C)C(C)(C)C)cc2)[C@@H](O)[C@@H](O)[C@H]1OC(C)=O. The number of hydrogen-bond acceptors (Lipinski definition) is 8. The lowest BCUT2D eigenvalue weighted by molar-refractivity contribution is -0.242. The summed E-state index contributed by atoms with van der Waals surface area (Å²) in [7, 11) is -2.00. The normalized spacial score (nSPS) is 26.8. The van der Waals surface area contributed by atoms with Crippen molar-refractivity contribution in [2.24, 2.45) is 0 Å². The molecule has 0 radical (unpaired) electrons. The van der Waals surface area contributed by atoms with Crippen LogP contribution in [0.2, 0.25) is 18.1 Å². The standard InChI is InChI=1S/C22H34O8Si/c1-13(23)27-12-17-21(28-14(2)24)19(26)18(25)20(29-17)15-8-10-16(11-9-15)30-31(6,7)22(3,4)5/h8-11,17-21,25-26H,12H2,1-7H3/t17-,18+,19-,20-,21+/m1/s1. The summed E-state index contributed by atoms with van der Waals surface area (Å²) in [6.07, 6.45) is -5.75. The summed E-state index contributed by atoms with van der Waals surface area (Å²) >= 11 is 0. The Morgan fingerprint density at radius 3 is 2.10 bits per heavy atom. The smallest absolute Gasteiger partial charge is 0.303 e. The van der Waals surface area contributed by atoms with Gasteiger partial charge in [-0.3, -0.25) is 9.59 Å². The van der Waals surface area contributed by atoms with Crippen LogP contribution in [0.15, 0.2) is 24.3 Å². The Bertz CT molecular complexity index is 771. The number of aliphatic hydroxyl groups is 2. The largest absolute Gasteiger partial charge is 0.544 e. The Morgan fingerprint density at radius 1 is 1.03 bits per heavy atom. The van der Waals surface area contributed by atoms with E-state index in [1.54, 1.807) is 24.3 Å². The molecule has 0 saturated carbocycles. The van der Waals surface area contributed by atoms with Crippen molar-refractivity contribution < 1.29 is 38.4 Å². The average Bonchev–Trinajstić information content (AvgIpc) is 2.64. The maximum absolute atomic E-state index is 11.4. The second-order valence-electron chi connectivity index (χ2n) is 9.38. The predicted molar refractivity (Wildman–Crippen MR) is 116 cm³/mol. The van der Waals surface area contributed by atoms with Gasteiger partial charge in [0.1, 0.15) is 36.8 Å². The number of hydrogen-bond donors (Lipinski definition) is 2. The van der Waals surface area contributed by atoms with E-state index in [9.17, 15) is 19.8 Å². The van der Waals surface area contributed by atoms with Crippen molar-refractivity contribution >= 4 is 20.3 Å². The van der Waals surface area contributed by atoms with Gasteiger partial charge in [0.15, 0.2) is 6.10 Å². The van der Waals surface area contributed by atoms with E-state index in [1.165, 1.54) is 13.8 Å². The van der Waals surface area contributed by atoms with E-state index in [0.29, 0.717) is 5.56 Å². The van der Waals surface area contributed by atoms with Gasteiger partial charge in [-0.05, 0) is 35.8 Å². The molecular formula is C22H34O8Si. The quantitative estimate of drug-likeness (QED) is 0.499. The van der Waals surface area contributed by atoms with Gasteiger partial charge in [0.25, 0.3) is 0 Å². The molecule has 1 heterocycles. The minimum atomic E-state index is -2.00. The summed E-state index contributed by atoms with van der Waals surface area (Å²) in [4.78, 5) is 22.7. The summed E-state index contributed by atoms with van der Waals surface area (Å²) in [5.74, 6) is -0.455. The maximum atomic E-state index is 11.4. The molecule has 1 saturated heterocycles. The fourth-order valence-electron chi connectivity index (χ4n) is 3.06. The summed E-state index contributed by atoms with van der Waals surface area (Å²) in [5, 5.41) is 21.3. The zero-order valence-electron chi connectivity index (χ0n) is 19.2. The Morgan fingerprint density at radius 2 is 1.61 bits per heavy atom. The third-order valence-corrected chi connectivity index (χ3v) is 10.2. The van der Waals surface area contributed by atoms with Crippen molar-refractivity contribution in [2.45, 2.75) is 83.3 Å². The summed E-state index contributed by atoms with van der Waals surface area (Å²) < 4.78 is 22.3. The Hall–Kier alpha value is -1.94. The van der Waals surface area contributed by atoms with Crippen LogP contribution in [0.1, 0.15) is 46.3 Å². The molecule has 0 unspecified atom stereocenters. The molecule has 0 bridgehead atoms. The van der Waals surface area contributed by atoms with Crippen LogP contribution < -0.4 is 4.43 Å². The topological polar surface area (TPSA) is 112 Å². The minimum Gasteiger partial charge on any atom is -0.544 e. The average molecular weight is 455 g/mol. The number of benzene rings is 1. The van der Waals surface area contributed by atoms with E-state index in [2.05, 4.69) is 33.9 Å². The minimum absolute atomic E-state index is 0.0497. The zero-order chi connectivity index (χ0) is 23.6. The van der Waals surface area contributed by atoms with Crippen LogP contribution in [0.5, 0.6) is 5.75 Å². The van der Waals surface area contributed by atoms with Gasteiger partial charge in [0.2, 0.25) is 8.32 Å². The number of aliphatic hydroxyl groups excluding tert-OH is 2. The fourth-order valence-corrected chi connectivity index (χ4v) is 4.09. The lowest BCUT2D eigenvalue weighted by atomic mass is 9.91. The van der Waals surface area contributed by atoms with Crippen molar-refractivity contribution in [3.05, 3.63) is 29.8 Å². The number of ether oxygens (including phenoxy) is 3. The van der Waals surface area contributed by atoms with Crippen LogP contribution in [0.3, 0.4) is 0 Å². The summed E-state index contributed by atoms with van der Waals surface area (Å²) in [6.45, 7) is 13.0. The predicted octanol–water partition coefficient (Wildman–Crippen LogP) is 2.73. The molecule has 8 nitrogen and oxygen atoms in total. The molecule has 1 fully saturated rings. The first-order valence-corrected chi connectivity index (χ1v) is 13.2. The Balaban J connectivity index is 2.22. The van der Waals surface area contributed by atoms with Crippen LogP contribution >= 0.6 is 0 Å². The van der Waals surface area contributed by atoms with E-state index >= 15 is 0 Å². The molecular weight excluding hydrogens is 420 g/mol. The highest BCUT2D eigenvalue weighted by molar-refractivity contribution is 6.74. The highest BCUT2D eigenvalue weighted by atomic mass is 28.4. The number of rotatable bonds is 6. The zero-order valence-corrected chi connectivity index (χ0v) is 20.2. The van der Waals surface area contributed by atoms with Gasteiger partial charge in [-0.1, -0.05) is 32.9 Å². The van der Waals surface area contributed by atoms with Crippen molar-refractivity contribution in [1.82, 2.24) is 0 Å². The molecule has 1 aliphatic rings. The number of carbonyl (C=O) groups excluding carboxylic acids is 2. The molecule has 0 amide bonds. The van der Waals surface area contributed by atoms with Gasteiger partial charge >= 0.3 is 11.9 Å². The van der Waals surface area contributed by atoms with E-state index in [0.717, 1.165) is 5.75 Å². The van der Waals surface area contributed by atoms with E-state index in [4.69, 9.17) is 18.6 Å². The molecule has 1 aromatic rings. The van der Waals surface area contributed by atoms with Crippen LogP contribution in [0.25, 0.3) is 0 Å². The summed E-state index contributed by atoms with van der Waals surface area (Å²) in [6, 6.07) is 7.13. The van der Waals surface area contributed by atoms with Crippen LogP contribution in [-0.4, -0.2) is 61.5 Å². The van der Waals surface area contributed by atoms with Crippen molar-refractivity contribution in [3.63, 3.8) is 0 Å². The van der Waals surface area contributed by atoms with Crippen molar-refractivity contribution in [2.75, 3.05) is 6.61 Å². The number of carbonyl (C=O) groups is 2. The van der Waals surface area contributed by atoms with Gasteiger partial charge in [0.05, 0.1) is 0 Å². The van der Waals surface area contributed by atoms with Gasteiger partial charge in [-0.15, -0.1) is 0 Å². The monoisotopic (exact) mass is 454 g/mol. The van der Waals surface area contributed by atoms with E-state index in [-0.39, 0.29) is 11.6 Å². The second-order valence-corrected chi connectivity index (χ2v) is 14.1. The first-order valence-electron chi connectivity index (χ1n) is 10.3. The highest BCUT2D eigenvalue weighted by Crippen LogP contribution is 2.38. The number of esters is 2. The van der Waals surface area contributed by atoms with Gasteiger partial charge in [-0.2, -0.15) is 0 Å². The molecule has 2 rings (SSSR count). The first-order chi connectivity index (χ1) is 14.2. The molecule has 1 aromatic carbocycles. The first kappa shape index (κ1) is 25.3. The molecule has 9 heteroatoms. The third kappa shape index (κ3) is 6.28. The third-order valence-electron chi connectivity index (χ3n) is 5.83. The van der Waals surface area contributed by atoms with Crippen LogP contribution in [0, 0.1) is 0 Å². The Labute approximate surface area is 184 Å². The van der Waals surface area contributed by atoms with Crippen molar-refractivity contribution in [1.29, 1.82) is 0 Å². The maximum Gasteiger partial charge on any atom is 0.303 e. The molecule has 0 aromatic heterocycles. The van der Waals surface area contributed by atoms with E-state index < -0.39 is 50.8 Å². The second kappa shape index (κ2) is 9.68. The van der Waals surface area contributed by atoms with Crippen molar-refractivity contribution in [3.8, 4) is 5.75 Å². The van der Waals surface area contributed by atoms with Gasteiger partial charge in [-0.25, -0.2) is 0 Å².